The first kappa shape index (κ1) is 14.9. The van der Waals surface area contributed by atoms with E-state index in [2.05, 4.69) is 18.6 Å². The van der Waals surface area contributed by atoms with Crippen molar-refractivity contribution in [2.24, 2.45) is 5.41 Å². The summed E-state index contributed by atoms with van der Waals surface area (Å²) in [5.74, 6) is 0. The zero-order valence-electron chi connectivity index (χ0n) is 11.4. The first-order valence-electron chi connectivity index (χ1n) is 6.12. The highest BCUT2D eigenvalue weighted by Gasteiger charge is 2.31. The normalized spacial score (nSPS) is 21.9. The van der Waals surface area contributed by atoms with Crippen molar-refractivity contribution in [3.63, 3.8) is 0 Å². The minimum absolute atomic E-state index is 0.273. The Balaban J connectivity index is 2.43. The summed E-state index contributed by atoms with van der Waals surface area (Å²) in [6.07, 6.45) is 1.86. The van der Waals surface area contributed by atoms with Crippen molar-refractivity contribution in [3.8, 4) is 0 Å². The largest absolute Gasteiger partial charge is 0.308 e. The van der Waals surface area contributed by atoms with Crippen molar-refractivity contribution in [2.75, 3.05) is 40.3 Å². The predicted molar refractivity (Wildman–Crippen MR) is 70.1 cm³/mol. The SMILES string of the molecule is CN(C)CCNS(=O)(=O)N1CCC(C)(C)CC1. The Morgan fingerprint density at radius 1 is 1.24 bits per heavy atom. The van der Waals surface area contributed by atoms with Gasteiger partial charge in [0, 0.05) is 26.2 Å². The van der Waals surface area contributed by atoms with Gasteiger partial charge in [0.2, 0.25) is 0 Å². The average Bonchev–Trinajstić information content (AvgIpc) is 2.15. The Morgan fingerprint density at radius 3 is 2.24 bits per heavy atom. The van der Waals surface area contributed by atoms with Crippen LogP contribution < -0.4 is 4.72 Å². The average molecular weight is 263 g/mol. The molecule has 102 valence electrons. The number of hydrogen-bond acceptors (Lipinski definition) is 3. The van der Waals surface area contributed by atoms with E-state index in [1.54, 1.807) is 4.31 Å². The molecule has 1 fully saturated rings. The molecule has 1 N–H and O–H groups in total. The summed E-state index contributed by atoms with van der Waals surface area (Å²) in [6, 6.07) is 0. The Kier molecular flexibility index (Phi) is 4.95. The van der Waals surface area contributed by atoms with Gasteiger partial charge in [-0.15, -0.1) is 0 Å². The van der Waals surface area contributed by atoms with Gasteiger partial charge in [0.05, 0.1) is 0 Å². The van der Waals surface area contributed by atoms with Crippen LogP contribution in [0.2, 0.25) is 0 Å². The first-order chi connectivity index (χ1) is 7.73. The molecule has 0 amide bonds. The lowest BCUT2D eigenvalue weighted by molar-refractivity contribution is 0.194. The molecule has 0 unspecified atom stereocenters. The van der Waals surface area contributed by atoms with Crippen molar-refractivity contribution in [3.05, 3.63) is 0 Å². The van der Waals surface area contributed by atoms with E-state index in [-0.39, 0.29) is 5.41 Å². The zero-order valence-corrected chi connectivity index (χ0v) is 12.2. The summed E-state index contributed by atoms with van der Waals surface area (Å²) in [5, 5.41) is 0. The van der Waals surface area contributed by atoms with Crippen molar-refractivity contribution >= 4 is 10.2 Å². The fraction of sp³-hybridized carbons (Fsp3) is 1.00. The van der Waals surface area contributed by atoms with Crippen LogP contribution in [0.1, 0.15) is 26.7 Å². The predicted octanol–water partition coefficient (Wildman–Crippen LogP) is 0.504. The quantitative estimate of drug-likeness (QED) is 0.786. The van der Waals surface area contributed by atoms with Crippen LogP contribution in [0, 0.1) is 5.41 Å². The van der Waals surface area contributed by atoms with Gasteiger partial charge in [-0.25, -0.2) is 4.72 Å². The Labute approximate surface area is 105 Å². The van der Waals surface area contributed by atoms with Crippen LogP contribution >= 0.6 is 0 Å². The molecule has 0 atom stereocenters. The molecule has 5 nitrogen and oxygen atoms in total. The van der Waals surface area contributed by atoms with E-state index < -0.39 is 10.2 Å². The van der Waals surface area contributed by atoms with Gasteiger partial charge in [-0.05, 0) is 32.4 Å². The molecule has 17 heavy (non-hydrogen) atoms. The topological polar surface area (TPSA) is 52.7 Å². The van der Waals surface area contributed by atoms with Gasteiger partial charge in [0.1, 0.15) is 0 Å². The van der Waals surface area contributed by atoms with E-state index in [9.17, 15) is 8.42 Å². The molecule has 0 radical (unpaired) electrons. The summed E-state index contributed by atoms with van der Waals surface area (Å²) < 4.78 is 28.2. The van der Waals surface area contributed by atoms with E-state index in [1.165, 1.54) is 0 Å². The van der Waals surface area contributed by atoms with Crippen LogP contribution in [-0.2, 0) is 10.2 Å². The second-order valence-electron chi connectivity index (χ2n) is 5.77. The maximum atomic E-state index is 12.0. The number of piperidine rings is 1. The van der Waals surface area contributed by atoms with Gasteiger partial charge in [-0.3, -0.25) is 0 Å². The fourth-order valence-electron chi connectivity index (χ4n) is 1.82. The maximum absolute atomic E-state index is 12.0. The summed E-state index contributed by atoms with van der Waals surface area (Å²) in [5.41, 5.74) is 0.273. The van der Waals surface area contributed by atoms with E-state index in [1.807, 2.05) is 19.0 Å². The lowest BCUT2D eigenvalue weighted by Crippen LogP contribution is -2.47. The highest BCUT2D eigenvalue weighted by atomic mass is 32.2. The summed E-state index contributed by atoms with van der Waals surface area (Å²) in [6.45, 7) is 6.83. The molecule has 1 aliphatic rings. The van der Waals surface area contributed by atoms with Gasteiger partial charge in [-0.2, -0.15) is 12.7 Å². The minimum Gasteiger partial charge on any atom is -0.308 e. The van der Waals surface area contributed by atoms with Gasteiger partial charge < -0.3 is 4.90 Å². The lowest BCUT2D eigenvalue weighted by Gasteiger charge is -2.36. The molecule has 1 aliphatic heterocycles. The van der Waals surface area contributed by atoms with Crippen molar-refractivity contribution < 1.29 is 8.42 Å². The zero-order chi connectivity index (χ0) is 13.1. The molecule has 0 aromatic heterocycles. The molecule has 1 rings (SSSR count). The molecule has 0 spiro atoms. The second-order valence-corrected chi connectivity index (χ2v) is 7.52. The molecule has 0 bridgehead atoms. The molecule has 1 heterocycles. The van der Waals surface area contributed by atoms with E-state index in [0.29, 0.717) is 19.6 Å². The monoisotopic (exact) mass is 263 g/mol. The third-order valence-electron chi connectivity index (χ3n) is 3.26. The third-order valence-corrected chi connectivity index (χ3v) is 4.87. The Bertz CT molecular complexity index is 329. The van der Waals surface area contributed by atoms with Crippen LogP contribution in [0.3, 0.4) is 0 Å². The fourth-order valence-corrected chi connectivity index (χ4v) is 3.02. The van der Waals surface area contributed by atoms with Gasteiger partial charge in [0.25, 0.3) is 10.2 Å². The number of hydrogen-bond donors (Lipinski definition) is 1. The molecule has 0 aromatic rings. The molecule has 6 heteroatoms. The van der Waals surface area contributed by atoms with Crippen LogP contribution in [-0.4, -0.2) is 57.9 Å². The summed E-state index contributed by atoms with van der Waals surface area (Å²) in [7, 11) is 0.584. The number of nitrogens with zero attached hydrogens (tertiary/aromatic N) is 2. The molecule has 1 saturated heterocycles. The number of rotatable bonds is 5. The third kappa shape index (κ3) is 4.91. The molecule has 0 saturated carbocycles. The Hall–Kier alpha value is -0.170. The molecule has 0 aromatic carbocycles. The van der Waals surface area contributed by atoms with E-state index >= 15 is 0 Å². The molecular weight excluding hydrogens is 238 g/mol. The maximum Gasteiger partial charge on any atom is 0.279 e. The standard InChI is InChI=1S/C11H25N3O2S/c1-11(2)5-8-14(9-6-11)17(15,16)12-7-10-13(3)4/h12H,5-10H2,1-4H3. The van der Waals surface area contributed by atoms with Crippen LogP contribution in [0.25, 0.3) is 0 Å². The van der Waals surface area contributed by atoms with Gasteiger partial charge in [-0.1, -0.05) is 13.8 Å². The smallest absolute Gasteiger partial charge is 0.279 e. The van der Waals surface area contributed by atoms with E-state index in [0.717, 1.165) is 19.4 Å². The van der Waals surface area contributed by atoms with Gasteiger partial charge in [0.15, 0.2) is 0 Å². The number of nitrogens with one attached hydrogen (secondary N) is 1. The summed E-state index contributed by atoms with van der Waals surface area (Å²) >= 11 is 0. The highest BCUT2D eigenvalue weighted by Crippen LogP contribution is 2.30. The van der Waals surface area contributed by atoms with Crippen LogP contribution in [0.15, 0.2) is 0 Å². The van der Waals surface area contributed by atoms with Crippen molar-refractivity contribution in [2.45, 2.75) is 26.7 Å². The van der Waals surface area contributed by atoms with Crippen LogP contribution in [0.4, 0.5) is 0 Å². The molecule has 0 aliphatic carbocycles. The highest BCUT2D eigenvalue weighted by molar-refractivity contribution is 7.87. The molecular formula is C11H25N3O2S. The van der Waals surface area contributed by atoms with Crippen LogP contribution in [0.5, 0.6) is 0 Å². The van der Waals surface area contributed by atoms with Crippen molar-refractivity contribution in [1.29, 1.82) is 0 Å². The second kappa shape index (κ2) is 5.65. The number of likely N-dealkylation sites (N-methyl/N-ethyl adjacent to an activating group) is 1. The Morgan fingerprint density at radius 2 is 1.76 bits per heavy atom. The first-order valence-corrected chi connectivity index (χ1v) is 7.56. The van der Waals surface area contributed by atoms with Gasteiger partial charge >= 0.3 is 0 Å². The minimum atomic E-state index is -3.27. The van der Waals surface area contributed by atoms with E-state index in [4.69, 9.17) is 0 Å². The lowest BCUT2D eigenvalue weighted by atomic mass is 9.83. The summed E-state index contributed by atoms with van der Waals surface area (Å²) in [4.78, 5) is 1.96. The van der Waals surface area contributed by atoms with Crippen molar-refractivity contribution in [1.82, 2.24) is 13.9 Å².